The summed E-state index contributed by atoms with van der Waals surface area (Å²) < 4.78 is 89.2. The van der Waals surface area contributed by atoms with Gasteiger partial charge in [0, 0.05) is 13.0 Å². The van der Waals surface area contributed by atoms with Crippen LogP contribution in [-0.4, -0.2) is 63.2 Å². The second kappa shape index (κ2) is 21.2. The molecular weight excluding hydrogens is 659 g/mol. The minimum absolute atomic E-state index is 0.0493. The molecule has 0 aliphatic carbocycles. The van der Waals surface area contributed by atoms with Gasteiger partial charge in [0.1, 0.15) is 17.6 Å². The predicted octanol–water partition coefficient (Wildman–Crippen LogP) is 11.8. The molecule has 0 unspecified atom stereocenters. The highest BCUT2D eigenvalue weighted by Gasteiger charge is 2.56. The number of halogens is 5. The number of aliphatic hydroxyl groups excluding tert-OH is 1. The zero-order valence-electron chi connectivity index (χ0n) is 31.0. The van der Waals surface area contributed by atoms with Crippen LogP contribution in [-0.2, 0) is 9.16 Å². The average molecular weight is 725 g/mol. The lowest BCUT2D eigenvalue weighted by molar-refractivity contribution is -0.284. The van der Waals surface area contributed by atoms with Gasteiger partial charge in [0.15, 0.2) is 8.32 Å². The van der Waals surface area contributed by atoms with Crippen LogP contribution >= 0.6 is 0 Å². The van der Waals surface area contributed by atoms with E-state index < -0.39 is 33.3 Å². The highest BCUT2D eigenvalue weighted by molar-refractivity contribution is 6.74. The van der Waals surface area contributed by atoms with Gasteiger partial charge >= 0.3 is 12.1 Å². The molecule has 1 saturated heterocycles. The van der Waals surface area contributed by atoms with Gasteiger partial charge in [0.05, 0.1) is 24.9 Å². The number of hydrogen-bond acceptors (Lipinski definition) is 5. The summed E-state index contributed by atoms with van der Waals surface area (Å²) in [5, 5.41) is 9.65. The third-order valence-electron chi connectivity index (χ3n) is 10.1. The SMILES string of the molecule is CCCCCCCCCCCC[C@@H](Oc1ccc(OCCCC(F)(F)C(F)(F)F)cc1)[C@H]1CC[C@H]([C@@H](CCCO)O[Si](C)(C)C(C)(C)C)O1. The smallest absolute Gasteiger partial charge is 0.453 e. The zero-order valence-corrected chi connectivity index (χ0v) is 32.0. The first kappa shape index (κ1) is 43.7. The maximum atomic E-state index is 13.2. The molecule has 1 aromatic carbocycles. The van der Waals surface area contributed by atoms with Crippen LogP contribution in [0.25, 0.3) is 0 Å². The van der Waals surface area contributed by atoms with Crippen molar-refractivity contribution >= 4 is 8.32 Å². The van der Waals surface area contributed by atoms with Crippen molar-refractivity contribution < 1.29 is 45.7 Å². The molecule has 0 saturated carbocycles. The van der Waals surface area contributed by atoms with Crippen molar-refractivity contribution in [1.29, 1.82) is 0 Å². The van der Waals surface area contributed by atoms with E-state index >= 15 is 0 Å². The first-order valence-corrected chi connectivity index (χ1v) is 21.7. The maximum Gasteiger partial charge on any atom is 0.453 e. The van der Waals surface area contributed by atoms with E-state index in [9.17, 15) is 27.1 Å². The number of aliphatic hydroxyl groups is 1. The predicted molar refractivity (Wildman–Crippen MR) is 189 cm³/mol. The maximum absolute atomic E-state index is 13.2. The number of alkyl halides is 5. The van der Waals surface area contributed by atoms with Gasteiger partial charge in [0.25, 0.3) is 0 Å². The number of hydrogen-bond donors (Lipinski definition) is 1. The van der Waals surface area contributed by atoms with E-state index in [0.717, 1.165) is 38.5 Å². The van der Waals surface area contributed by atoms with Gasteiger partial charge in [0.2, 0.25) is 0 Å². The molecule has 1 aromatic rings. The van der Waals surface area contributed by atoms with Gasteiger partial charge in [-0.3, -0.25) is 0 Å². The fraction of sp³-hybridized carbons (Fsp3) is 0.842. The lowest BCUT2D eigenvalue weighted by atomic mass is 10.0. The van der Waals surface area contributed by atoms with E-state index in [-0.39, 0.29) is 42.7 Å². The molecule has 1 N–H and O–H groups in total. The van der Waals surface area contributed by atoms with Gasteiger partial charge in [-0.15, -0.1) is 0 Å². The Bertz CT molecular complexity index is 1020. The Kier molecular flexibility index (Phi) is 18.9. The first-order valence-electron chi connectivity index (χ1n) is 18.8. The monoisotopic (exact) mass is 724 g/mol. The normalized spacial score (nSPS) is 18.9. The van der Waals surface area contributed by atoms with Crippen LogP contribution in [0.15, 0.2) is 24.3 Å². The standard InChI is InChI=1S/C38H65F5O5Si/c1-7-8-9-10-11-12-13-14-15-16-19-32(33-25-26-34(47-33)35(20-17-28-44)48-49(5,6)36(2,3)4)46-31-23-21-30(22-24-31)45-29-18-27-37(39,40)38(41,42)43/h21-24,32-35,44H,7-20,25-29H2,1-6H3/t32-,33-,34-,35-/m1/s1. The molecule has 0 radical (unpaired) electrons. The zero-order chi connectivity index (χ0) is 36.6. The summed E-state index contributed by atoms with van der Waals surface area (Å²) in [6, 6.07) is 6.76. The summed E-state index contributed by atoms with van der Waals surface area (Å²) >= 11 is 0. The number of ether oxygens (including phenoxy) is 3. The molecule has 11 heteroatoms. The molecule has 5 nitrogen and oxygen atoms in total. The van der Waals surface area contributed by atoms with Crippen molar-refractivity contribution in [2.24, 2.45) is 0 Å². The quantitative estimate of drug-likeness (QED) is 0.0618. The fourth-order valence-electron chi connectivity index (χ4n) is 5.97. The Morgan fingerprint density at radius 3 is 1.80 bits per heavy atom. The molecule has 0 spiro atoms. The van der Waals surface area contributed by atoms with Crippen LogP contribution in [0.4, 0.5) is 22.0 Å². The van der Waals surface area contributed by atoms with Gasteiger partial charge < -0.3 is 23.7 Å². The summed E-state index contributed by atoms with van der Waals surface area (Å²) in [6.45, 7) is 13.2. The molecule has 4 atom stereocenters. The molecule has 0 amide bonds. The van der Waals surface area contributed by atoms with Crippen molar-refractivity contribution in [2.75, 3.05) is 13.2 Å². The molecule has 49 heavy (non-hydrogen) atoms. The number of benzene rings is 1. The van der Waals surface area contributed by atoms with E-state index in [1.165, 1.54) is 51.4 Å². The molecule has 1 aliphatic rings. The molecule has 286 valence electrons. The Morgan fingerprint density at radius 2 is 1.27 bits per heavy atom. The highest BCUT2D eigenvalue weighted by atomic mass is 28.4. The Balaban J connectivity index is 2.02. The third kappa shape index (κ3) is 15.8. The molecular formula is C38H65F5O5Si. The van der Waals surface area contributed by atoms with E-state index in [2.05, 4.69) is 40.8 Å². The van der Waals surface area contributed by atoms with Crippen LogP contribution < -0.4 is 9.47 Å². The average Bonchev–Trinajstić information content (AvgIpc) is 3.51. The van der Waals surface area contributed by atoms with Crippen LogP contribution in [0.1, 0.15) is 137 Å². The topological polar surface area (TPSA) is 57.2 Å². The van der Waals surface area contributed by atoms with Crippen molar-refractivity contribution in [2.45, 2.75) is 191 Å². The van der Waals surface area contributed by atoms with Crippen molar-refractivity contribution in [3.05, 3.63) is 24.3 Å². The lowest BCUT2D eigenvalue weighted by Crippen LogP contribution is -2.47. The van der Waals surface area contributed by atoms with Gasteiger partial charge in [-0.05, 0) is 87.3 Å². The summed E-state index contributed by atoms with van der Waals surface area (Å²) in [6.07, 6.45) is 8.54. The molecule has 0 bridgehead atoms. The van der Waals surface area contributed by atoms with Crippen molar-refractivity contribution in [3.63, 3.8) is 0 Å². The number of unbranched alkanes of at least 4 members (excludes halogenated alkanes) is 9. The molecule has 2 rings (SSSR count). The largest absolute Gasteiger partial charge is 0.494 e. The Morgan fingerprint density at radius 1 is 0.755 bits per heavy atom. The molecule has 1 aliphatic heterocycles. The lowest BCUT2D eigenvalue weighted by Gasteiger charge is -2.41. The third-order valence-corrected chi connectivity index (χ3v) is 14.6. The van der Waals surface area contributed by atoms with Crippen LogP contribution in [0.2, 0.25) is 18.1 Å². The van der Waals surface area contributed by atoms with Crippen molar-refractivity contribution in [1.82, 2.24) is 0 Å². The molecule has 1 heterocycles. The van der Waals surface area contributed by atoms with Crippen LogP contribution in [0.5, 0.6) is 11.5 Å². The second-order valence-electron chi connectivity index (χ2n) is 15.3. The van der Waals surface area contributed by atoms with E-state index in [4.69, 9.17) is 18.6 Å². The minimum atomic E-state index is -5.56. The molecule has 0 aromatic heterocycles. The summed E-state index contributed by atoms with van der Waals surface area (Å²) in [5.41, 5.74) is 0. The van der Waals surface area contributed by atoms with Gasteiger partial charge in [-0.25, -0.2) is 0 Å². The fourth-order valence-corrected chi connectivity index (χ4v) is 7.35. The van der Waals surface area contributed by atoms with E-state index in [0.29, 0.717) is 17.9 Å². The Labute approximate surface area is 294 Å². The van der Waals surface area contributed by atoms with E-state index in [1.807, 2.05) is 0 Å². The minimum Gasteiger partial charge on any atom is -0.494 e. The van der Waals surface area contributed by atoms with Gasteiger partial charge in [-0.2, -0.15) is 22.0 Å². The Hall–Kier alpha value is -1.43. The van der Waals surface area contributed by atoms with E-state index in [1.54, 1.807) is 24.3 Å². The van der Waals surface area contributed by atoms with Crippen LogP contribution in [0, 0.1) is 0 Å². The summed E-state index contributed by atoms with van der Waals surface area (Å²) in [5.74, 6) is -3.73. The summed E-state index contributed by atoms with van der Waals surface area (Å²) in [7, 11) is -2.07. The highest BCUT2D eigenvalue weighted by Crippen LogP contribution is 2.41. The van der Waals surface area contributed by atoms with Gasteiger partial charge in [-0.1, -0.05) is 85.5 Å². The summed E-state index contributed by atoms with van der Waals surface area (Å²) in [4.78, 5) is 0. The second-order valence-corrected chi connectivity index (χ2v) is 20.1. The number of rotatable bonds is 25. The first-order chi connectivity index (χ1) is 23.0. The van der Waals surface area contributed by atoms with Crippen LogP contribution in [0.3, 0.4) is 0 Å². The van der Waals surface area contributed by atoms with Crippen molar-refractivity contribution in [3.8, 4) is 11.5 Å². The molecule has 1 fully saturated rings.